The Morgan fingerprint density at radius 3 is 2.78 bits per heavy atom. The highest BCUT2D eigenvalue weighted by Gasteiger charge is 2.12. The van der Waals surface area contributed by atoms with Crippen LogP contribution in [0.2, 0.25) is 0 Å². The minimum absolute atomic E-state index is 0.0302. The van der Waals surface area contributed by atoms with Gasteiger partial charge >= 0.3 is 0 Å². The van der Waals surface area contributed by atoms with E-state index in [-0.39, 0.29) is 5.96 Å². The molecular formula is C12H16N4O2. The van der Waals surface area contributed by atoms with Crippen molar-refractivity contribution in [2.75, 3.05) is 6.79 Å². The van der Waals surface area contributed by atoms with E-state index in [9.17, 15) is 0 Å². The maximum atomic E-state index is 5.32. The average Bonchev–Trinajstić information content (AvgIpc) is 2.81. The fourth-order valence-electron chi connectivity index (χ4n) is 1.61. The first-order chi connectivity index (χ1) is 8.65. The summed E-state index contributed by atoms with van der Waals surface area (Å²) in [5, 5.41) is 7.52. The summed E-state index contributed by atoms with van der Waals surface area (Å²) in [6, 6.07) is 5.91. The average molecular weight is 248 g/mol. The van der Waals surface area contributed by atoms with Crippen molar-refractivity contribution in [1.29, 1.82) is 0 Å². The lowest BCUT2D eigenvalue weighted by Gasteiger charge is -2.02. The molecule has 0 amide bonds. The molecule has 1 aliphatic heterocycles. The summed E-state index contributed by atoms with van der Waals surface area (Å²) in [5.74, 6) is 1.56. The van der Waals surface area contributed by atoms with E-state index in [0.717, 1.165) is 30.1 Å². The number of nitrogens with two attached hydrogens (primary N) is 2. The number of guanidine groups is 1. The summed E-state index contributed by atoms with van der Waals surface area (Å²) in [6.07, 6.45) is 1.64. The van der Waals surface area contributed by atoms with Crippen molar-refractivity contribution in [1.82, 2.24) is 0 Å². The third kappa shape index (κ3) is 3.13. The SMILES string of the molecule is CC(CCc1ccc2c(c1)OCO2)=NN=C(N)N. The first-order valence-electron chi connectivity index (χ1n) is 5.66. The highest BCUT2D eigenvalue weighted by atomic mass is 16.7. The lowest BCUT2D eigenvalue weighted by molar-refractivity contribution is 0.174. The van der Waals surface area contributed by atoms with Crippen LogP contribution in [0.5, 0.6) is 11.5 Å². The molecule has 0 saturated heterocycles. The summed E-state index contributed by atoms with van der Waals surface area (Å²) in [5.41, 5.74) is 12.4. The zero-order chi connectivity index (χ0) is 13.0. The van der Waals surface area contributed by atoms with Crippen LogP contribution < -0.4 is 20.9 Å². The number of benzene rings is 1. The van der Waals surface area contributed by atoms with E-state index in [0.29, 0.717) is 6.79 Å². The molecule has 1 aromatic rings. The van der Waals surface area contributed by atoms with Crippen molar-refractivity contribution in [3.05, 3.63) is 23.8 Å². The normalized spacial score (nSPS) is 13.5. The predicted molar refractivity (Wildman–Crippen MR) is 69.8 cm³/mol. The molecule has 0 fully saturated rings. The van der Waals surface area contributed by atoms with Crippen molar-refractivity contribution < 1.29 is 9.47 Å². The molecular weight excluding hydrogens is 232 g/mol. The molecule has 0 saturated carbocycles. The maximum Gasteiger partial charge on any atom is 0.231 e. The summed E-state index contributed by atoms with van der Waals surface area (Å²) in [6.45, 7) is 2.18. The highest BCUT2D eigenvalue weighted by molar-refractivity contribution is 5.83. The molecule has 4 N–H and O–H groups in total. The molecule has 0 spiro atoms. The summed E-state index contributed by atoms with van der Waals surface area (Å²) in [4.78, 5) is 0. The topological polar surface area (TPSA) is 95.2 Å². The summed E-state index contributed by atoms with van der Waals surface area (Å²) >= 11 is 0. The van der Waals surface area contributed by atoms with Crippen molar-refractivity contribution in [2.45, 2.75) is 19.8 Å². The van der Waals surface area contributed by atoms with Gasteiger partial charge in [-0.3, -0.25) is 0 Å². The number of fused-ring (bicyclic) bond motifs is 1. The summed E-state index contributed by atoms with van der Waals surface area (Å²) in [7, 11) is 0. The van der Waals surface area contributed by atoms with Crippen molar-refractivity contribution in [3.63, 3.8) is 0 Å². The van der Waals surface area contributed by atoms with E-state index in [2.05, 4.69) is 10.2 Å². The molecule has 1 heterocycles. The molecule has 0 aliphatic carbocycles. The van der Waals surface area contributed by atoms with Gasteiger partial charge in [0.2, 0.25) is 12.8 Å². The van der Waals surface area contributed by atoms with Gasteiger partial charge in [-0.25, -0.2) is 0 Å². The second-order valence-corrected chi connectivity index (χ2v) is 4.05. The smallest absolute Gasteiger partial charge is 0.231 e. The molecule has 96 valence electrons. The number of ether oxygens (including phenoxy) is 2. The Kier molecular flexibility index (Phi) is 3.66. The molecule has 0 bridgehead atoms. The van der Waals surface area contributed by atoms with E-state index in [1.54, 1.807) is 0 Å². The van der Waals surface area contributed by atoms with Gasteiger partial charge in [0.25, 0.3) is 0 Å². The van der Waals surface area contributed by atoms with E-state index in [1.165, 1.54) is 5.56 Å². The Bertz CT molecular complexity index is 493. The van der Waals surface area contributed by atoms with Crippen molar-refractivity contribution >= 4 is 11.7 Å². The quantitative estimate of drug-likeness (QED) is 0.472. The molecule has 0 aromatic heterocycles. The Morgan fingerprint density at radius 1 is 1.22 bits per heavy atom. The number of hydrogen-bond donors (Lipinski definition) is 2. The fourth-order valence-corrected chi connectivity index (χ4v) is 1.61. The van der Waals surface area contributed by atoms with Crippen LogP contribution >= 0.6 is 0 Å². The fraction of sp³-hybridized carbons (Fsp3) is 0.333. The molecule has 2 rings (SSSR count). The standard InChI is InChI=1S/C12H16N4O2/c1-8(15-16-12(13)14)2-3-9-4-5-10-11(6-9)18-7-17-10/h4-6H,2-3,7H2,1H3,(H4,13,14,16). The minimum Gasteiger partial charge on any atom is -0.454 e. The first-order valence-corrected chi connectivity index (χ1v) is 5.66. The van der Waals surface area contributed by atoms with Gasteiger partial charge in [0.1, 0.15) is 0 Å². The van der Waals surface area contributed by atoms with E-state index in [4.69, 9.17) is 20.9 Å². The number of hydrogen-bond acceptors (Lipinski definition) is 4. The Hall–Kier alpha value is -2.24. The maximum absolute atomic E-state index is 5.32. The van der Waals surface area contributed by atoms with Gasteiger partial charge < -0.3 is 20.9 Å². The van der Waals surface area contributed by atoms with E-state index in [1.807, 2.05) is 25.1 Å². The second-order valence-electron chi connectivity index (χ2n) is 4.05. The summed E-state index contributed by atoms with van der Waals surface area (Å²) < 4.78 is 10.6. The number of aryl methyl sites for hydroxylation is 1. The van der Waals surface area contributed by atoms with Gasteiger partial charge in [-0.1, -0.05) is 6.07 Å². The Morgan fingerprint density at radius 2 is 2.00 bits per heavy atom. The molecule has 6 nitrogen and oxygen atoms in total. The third-order valence-corrected chi connectivity index (χ3v) is 2.55. The van der Waals surface area contributed by atoms with Crippen molar-refractivity contribution in [2.24, 2.45) is 21.7 Å². The number of rotatable bonds is 4. The monoisotopic (exact) mass is 248 g/mol. The number of nitrogens with zero attached hydrogens (tertiary/aromatic N) is 2. The minimum atomic E-state index is -0.0302. The van der Waals surface area contributed by atoms with Crippen LogP contribution in [0, 0.1) is 0 Å². The zero-order valence-electron chi connectivity index (χ0n) is 10.2. The molecule has 1 aromatic carbocycles. The lowest BCUT2D eigenvalue weighted by Crippen LogP contribution is -2.22. The van der Waals surface area contributed by atoms with Crippen LogP contribution in [0.1, 0.15) is 18.9 Å². The largest absolute Gasteiger partial charge is 0.454 e. The van der Waals surface area contributed by atoms with Crippen molar-refractivity contribution in [3.8, 4) is 11.5 Å². The van der Waals surface area contributed by atoms with Crippen LogP contribution in [-0.4, -0.2) is 18.5 Å². The van der Waals surface area contributed by atoms with Gasteiger partial charge in [0.05, 0.1) is 0 Å². The van der Waals surface area contributed by atoms with Crippen LogP contribution in [0.15, 0.2) is 28.4 Å². The Balaban J connectivity index is 1.94. The van der Waals surface area contributed by atoms with Gasteiger partial charge in [0, 0.05) is 5.71 Å². The van der Waals surface area contributed by atoms with Crippen LogP contribution in [0.25, 0.3) is 0 Å². The van der Waals surface area contributed by atoms with Gasteiger partial charge in [-0.15, -0.1) is 5.10 Å². The second kappa shape index (κ2) is 5.39. The van der Waals surface area contributed by atoms with Gasteiger partial charge in [-0.2, -0.15) is 5.10 Å². The third-order valence-electron chi connectivity index (χ3n) is 2.55. The Labute approximate surface area is 105 Å². The van der Waals surface area contributed by atoms with Crippen LogP contribution in [0.3, 0.4) is 0 Å². The van der Waals surface area contributed by atoms with E-state index < -0.39 is 0 Å². The molecule has 0 unspecified atom stereocenters. The van der Waals surface area contributed by atoms with E-state index >= 15 is 0 Å². The first kappa shape index (κ1) is 12.2. The molecule has 6 heteroatoms. The van der Waals surface area contributed by atoms with Crippen LogP contribution in [0.4, 0.5) is 0 Å². The predicted octanol–water partition coefficient (Wildman–Crippen LogP) is 0.997. The van der Waals surface area contributed by atoms with Gasteiger partial charge in [0.15, 0.2) is 11.5 Å². The lowest BCUT2D eigenvalue weighted by atomic mass is 10.1. The molecule has 18 heavy (non-hydrogen) atoms. The van der Waals surface area contributed by atoms with Crippen LogP contribution in [-0.2, 0) is 6.42 Å². The van der Waals surface area contributed by atoms with Gasteiger partial charge in [-0.05, 0) is 37.5 Å². The highest BCUT2D eigenvalue weighted by Crippen LogP contribution is 2.32. The zero-order valence-corrected chi connectivity index (χ0v) is 10.2. The molecule has 1 aliphatic rings. The molecule has 0 atom stereocenters. The molecule has 0 radical (unpaired) electrons.